The Hall–Kier alpha value is -1.69. The summed E-state index contributed by atoms with van der Waals surface area (Å²) in [6, 6.07) is 3.71. The minimum atomic E-state index is -0.592. The van der Waals surface area contributed by atoms with Gasteiger partial charge >= 0.3 is 0 Å². The van der Waals surface area contributed by atoms with Crippen molar-refractivity contribution in [3.8, 4) is 0 Å². The Morgan fingerprint density at radius 1 is 1.45 bits per heavy atom. The number of nitro benzene ring substituents is 1. The molecule has 1 aromatic rings. The van der Waals surface area contributed by atoms with E-state index in [0.717, 1.165) is 25.6 Å². The fourth-order valence-corrected chi connectivity index (χ4v) is 2.52. The number of hydrogen-bond acceptors (Lipinski definition) is 4. The van der Waals surface area contributed by atoms with Gasteiger partial charge in [0.15, 0.2) is 5.82 Å². The Labute approximate surface area is 117 Å². The quantitative estimate of drug-likeness (QED) is 0.666. The van der Waals surface area contributed by atoms with E-state index in [2.05, 4.69) is 17.3 Å². The average molecular weight is 281 g/mol. The molecule has 1 aliphatic rings. The monoisotopic (exact) mass is 281 g/mol. The number of nitrogens with zero attached hydrogens (tertiary/aromatic N) is 2. The van der Waals surface area contributed by atoms with Crippen molar-refractivity contribution in [2.75, 3.05) is 32.0 Å². The second-order valence-electron chi connectivity index (χ2n) is 5.38. The first-order chi connectivity index (χ1) is 9.56. The summed E-state index contributed by atoms with van der Waals surface area (Å²) in [5.74, 6) is 0.113. The van der Waals surface area contributed by atoms with Crippen LogP contribution >= 0.6 is 0 Å². The highest BCUT2D eigenvalue weighted by Crippen LogP contribution is 2.22. The number of likely N-dealkylation sites (tertiary alicyclic amines) is 1. The first-order valence-corrected chi connectivity index (χ1v) is 6.92. The van der Waals surface area contributed by atoms with Gasteiger partial charge in [0.25, 0.3) is 5.69 Å². The maximum Gasteiger partial charge on any atom is 0.272 e. The van der Waals surface area contributed by atoms with Gasteiger partial charge in [-0.15, -0.1) is 0 Å². The molecule has 1 aliphatic heterocycles. The van der Waals surface area contributed by atoms with Crippen molar-refractivity contribution in [2.24, 2.45) is 5.92 Å². The van der Waals surface area contributed by atoms with Crippen LogP contribution in [-0.2, 0) is 0 Å². The van der Waals surface area contributed by atoms with E-state index in [1.165, 1.54) is 25.0 Å². The zero-order chi connectivity index (χ0) is 14.5. The second kappa shape index (κ2) is 6.65. The maximum atomic E-state index is 13.7. The second-order valence-corrected chi connectivity index (χ2v) is 5.38. The van der Waals surface area contributed by atoms with E-state index in [1.54, 1.807) is 0 Å². The molecule has 0 radical (unpaired) electrons. The number of nitro groups is 1. The third kappa shape index (κ3) is 3.90. The zero-order valence-corrected chi connectivity index (χ0v) is 11.6. The summed E-state index contributed by atoms with van der Waals surface area (Å²) in [6.45, 7) is 2.94. The fraction of sp³-hybridized carbons (Fsp3) is 0.571. The molecule has 6 heteroatoms. The molecule has 0 aromatic heterocycles. The maximum absolute atomic E-state index is 13.7. The zero-order valence-electron chi connectivity index (χ0n) is 11.6. The van der Waals surface area contributed by atoms with Crippen molar-refractivity contribution in [3.05, 3.63) is 34.1 Å². The number of nitrogens with one attached hydrogen (secondary N) is 1. The number of halogens is 1. The van der Waals surface area contributed by atoms with Crippen LogP contribution in [0.25, 0.3) is 0 Å². The van der Waals surface area contributed by atoms with Crippen molar-refractivity contribution < 1.29 is 9.31 Å². The third-order valence-electron chi connectivity index (χ3n) is 3.87. The summed E-state index contributed by atoms with van der Waals surface area (Å²) < 4.78 is 13.7. The van der Waals surface area contributed by atoms with Crippen LogP contribution in [0.2, 0.25) is 0 Å². The van der Waals surface area contributed by atoms with Gasteiger partial charge in [-0.2, -0.15) is 0 Å². The van der Waals surface area contributed by atoms with E-state index in [1.807, 2.05) is 0 Å². The van der Waals surface area contributed by atoms with Gasteiger partial charge in [-0.25, -0.2) is 4.39 Å². The van der Waals surface area contributed by atoms with Gasteiger partial charge in [0.1, 0.15) is 0 Å². The molecule has 1 fully saturated rings. The normalized spacial score (nSPS) is 17.1. The fourth-order valence-electron chi connectivity index (χ4n) is 2.52. The summed E-state index contributed by atoms with van der Waals surface area (Å²) in [7, 11) is 2.13. The summed E-state index contributed by atoms with van der Waals surface area (Å²) in [4.78, 5) is 12.3. The highest BCUT2D eigenvalue weighted by Gasteiger charge is 2.16. The van der Waals surface area contributed by atoms with Crippen LogP contribution in [0.15, 0.2) is 18.2 Å². The van der Waals surface area contributed by atoms with Gasteiger partial charge in [-0.3, -0.25) is 10.1 Å². The Bertz CT molecular complexity index is 473. The van der Waals surface area contributed by atoms with Gasteiger partial charge in [0.2, 0.25) is 0 Å². The molecule has 5 nitrogen and oxygen atoms in total. The predicted octanol–water partition coefficient (Wildman–Crippen LogP) is 2.88. The Morgan fingerprint density at radius 3 is 2.75 bits per heavy atom. The van der Waals surface area contributed by atoms with Crippen LogP contribution in [0.1, 0.15) is 19.3 Å². The lowest BCUT2D eigenvalue weighted by Crippen LogP contribution is -2.30. The topological polar surface area (TPSA) is 58.4 Å². The van der Waals surface area contributed by atoms with Crippen LogP contribution in [0.5, 0.6) is 0 Å². The number of benzene rings is 1. The number of piperidine rings is 1. The standard InChI is InChI=1S/C14H20FN3O2/c1-17-8-5-11(6-9-17)4-7-16-14-3-2-12(18(19)20)10-13(14)15/h2-3,10-11,16H,4-9H2,1H3. The SMILES string of the molecule is CN1CCC(CCNc2ccc([N+](=O)[O-])cc2F)CC1. The highest BCUT2D eigenvalue weighted by molar-refractivity contribution is 5.50. The summed E-state index contributed by atoms with van der Waals surface area (Å²) in [5.41, 5.74) is 0.117. The lowest BCUT2D eigenvalue weighted by Gasteiger charge is -2.29. The lowest BCUT2D eigenvalue weighted by molar-refractivity contribution is -0.385. The number of rotatable bonds is 5. The number of hydrogen-bond donors (Lipinski definition) is 1. The molecule has 110 valence electrons. The van der Waals surface area contributed by atoms with E-state index in [9.17, 15) is 14.5 Å². The summed E-state index contributed by atoms with van der Waals surface area (Å²) in [6.07, 6.45) is 3.37. The molecule has 1 saturated heterocycles. The molecule has 1 N–H and O–H groups in total. The van der Waals surface area contributed by atoms with Gasteiger partial charge in [0.05, 0.1) is 16.7 Å². The van der Waals surface area contributed by atoms with Crippen molar-refractivity contribution in [1.82, 2.24) is 4.90 Å². The van der Waals surface area contributed by atoms with E-state index in [0.29, 0.717) is 18.2 Å². The molecule has 0 amide bonds. The average Bonchev–Trinajstić information content (AvgIpc) is 2.42. The Balaban J connectivity index is 1.81. The van der Waals surface area contributed by atoms with E-state index < -0.39 is 10.7 Å². The van der Waals surface area contributed by atoms with Gasteiger partial charge < -0.3 is 10.2 Å². The van der Waals surface area contributed by atoms with Crippen LogP contribution < -0.4 is 5.32 Å². The highest BCUT2D eigenvalue weighted by atomic mass is 19.1. The molecule has 0 bridgehead atoms. The molecule has 20 heavy (non-hydrogen) atoms. The van der Waals surface area contributed by atoms with Crippen molar-refractivity contribution >= 4 is 11.4 Å². The Morgan fingerprint density at radius 2 is 2.15 bits per heavy atom. The van der Waals surface area contributed by atoms with E-state index in [4.69, 9.17) is 0 Å². The van der Waals surface area contributed by atoms with Crippen LogP contribution in [-0.4, -0.2) is 36.5 Å². The Kier molecular flexibility index (Phi) is 4.89. The molecule has 0 atom stereocenters. The predicted molar refractivity (Wildman–Crippen MR) is 76.4 cm³/mol. The lowest BCUT2D eigenvalue weighted by atomic mass is 9.94. The molecule has 1 aromatic carbocycles. The van der Waals surface area contributed by atoms with E-state index in [-0.39, 0.29) is 5.69 Å². The smallest absolute Gasteiger partial charge is 0.272 e. The van der Waals surface area contributed by atoms with Crippen LogP contribution in [0.3, 0.4) is 0 Å². The number of anilines is 1. The van der Waals surface area contributed by atoms with Crippen molar-refractivity contribution in [3.63, 3.8) is 0 Å². The van der Waals surface area contributed by atoms with Crippen LogP contribution in [0, 0.1) is 21.8 Å². The van der Waals surface area contributed by atoms with Crippen molar-refractivity contribution in [2.45, 2.75) is 19.3 Å². The molecule has 0 spiro atoms. The molecular weight excluding hydrogens is 261 g/mol. The molecule has 1 heterocycles. The summed E-state index contributed by atoms with van der Waals surface area (Å²) in [5, 5.41) is 13.6. The molecular formula is C14H20FN3O2. The summed E-state index contributed by atoms with van der Waals surface area (Å²) >= 11 is 0. The van der Waals surface area contributed by atoms with E-state index >= 15 is 0 Å². The van der Waals surface area contributed by atoms with Gasteiger partial charge in [-0.1, -0.05) is 0 Å². The van der Waals surface area contributed by atoms with Gasteiger partial charge in [0, 0.05) is 12.6 Å². The minimum absolute atomic E-state index is 0.219. The van der Waals surface area contributed by atoms with Gasteiger partial charge in [-0.05, 0) is 51.4 Å². The first-order valence-electron chi connectivity index (χ1n) is 6.92. The molecule has 0 aliphatic carbocycles. The first kappa shape index (κ1) is 14.7. The third-order valence-corrected chi connectivity index (χ3v) is 3.87. The largest absolute Gasteiger partial charge is 0.383 e. The molecule has 0 saturated carbocycles. The molecule has 0 unspecified atom stereocenters. The minimum Gasteiger partial charge on any atom is -0.383 e. The van der Waals surface area contributed by atoms with Crippen LogP contribution in [0.4, 0.5) is 15.8 Å². The molecule has 2 rings (SSSR count). The number of non-ortho nitro benzene ring substituents is 1. The van der Waals surface area contributed by atoms with Crippen molar-refractivity contribution in [1.29, 1.82) is 0 Å².